The van der Waals surface area contributed by atoms with Crippen molar-refractivity contribution in [1.82, 2.24) is 5.43 Å². The number of hydrogen-bond donors (Lipinski definition) is 1. The smallest absolute Gasteiger partial charge is 0.280 e. The van der Waals surface area contributed by atoms with Gasteiger partial charge in [-0.1, -0.05) is 72.4 Å². The van der Waals surface area contributed by atoms with Crippen LogP contribution >= 0.6 is 11.8 Å². The maximum atomic E-state index is 12.1. The number of hydrazine groups is 1. The van der Waals surface area contributed by atoms with Gasteiger partial charge in [-0.3, -0.25) is 15.2 Å². The molecule has 0 radical (unpaired) electrons. The lowest BCUT2D eigenvalue weighted by Gasteiger charge is -2.25. The largest absolute Gasteiger partial charge is 0.297 e. The number of benzene rings is 2. The van der Waals surface area contributed by atoms with Gasteiger partial charge in [-0.25, -0.2) is 0 Å². The minimum Gasteiger partial charge on any atom is -0.280 e. The lowest BCUT2D eigenvalue weighted by molar-refractivity contribution is 0.259. The van der Waals surface area contributed by atoms with Crippen LogP contribution in [0.25, 0.3) is 0 Å². The highest BCUT2D eigenvalue weighted by Crippen LogP contribution is 2.16. The van der Waals surface area contributed by atoms with Crippen molar-refractivity contribution in [3.05, 3.63) is 78.4 Å². The fraction of sp³-hybridized carbons (Fsp3) is 0.167. The third kappa shape index (κ3) is 5.30. The monoisotopic (exact) mass is 312 g/mol. The first-order chi connectivity index (χ1) is 10.6. The van der Waals surface area contributed by atoms with Crippen molar-refractivity contribution in [2.75, 3.05) is 10.8 Å². The Morgan fingerprint density at radius 2 is 1.68 bits per heavy atom. The molecule has 0 bridgehead atoms. The lowest BCUT2D eigenvalue weighted by Crippen LogP contribution is -2.40. The van der Waals surface area contributed by atoms with E-state index in [0.29, 0.717) is 12.3 Å². The Balaban J connectivity index is 2.08. The Hall–Kier alpha value is -2.20. The number of hydrogen-bond acceptors (Lipinski definition) is 3. The molecule has 3 nitrogen and oxygen atoms in total. The molecule has 2 aromatic rings. The zero-order valence-corrected chi connectivity index (χ0v) is 13.5. The van der Waals surface area contributed by atoms with Crippen molar-refractivity contribution in [3.63, 3.8) is 0 Å². The fourth-order valence-corrected chi connectivity index (χ4v) is 2.45. The summed E-state index contributed by atoms with van der Waals surface area (Å²) in [4.78, 5) is 12.1. The number of rotatable bonds is 6. The number of thioether (sulfide) groups is 1. The van der Waals surface area contributed by atoms with Gasteiger partial charge in [0.25, 0.3) is 5.24 Å². The van der Waals surface area contributed by atoms with Crippen LogP contribution in [0.4, 0.5) is 10.5 Å². The first kappa shape index (κ1) is 16.2. The summed E-state index contributed by atoms with van der Waals surface area (Å²) < 4.78 is 0. The van der Waals surface area contributed by atoms with Gasteiger partial charge in [-0.05, 0) is 24.6 Å². The van der Waals surface area contributed by atoms with Crippen LogP contribution in [0.1, 0.15) is 12.5 Å². The second-order valence-electron chi connectivity index (χ2n) is 5.05. The van der Waals surface area contributed by atoms with Gasteiger partial charge < -0.3 is 0 Å². The highest BCUT2D eigenvalue weighted by molar-refractivity contribution is 8.13. The predicted molar refractivity (Wildman–Crippen MR) is 94.9 cm³/mol. The Morgan fingerprint density at radius 1 is 1.09 bits per heavy atom. The predicted octanol–water partition coefficient (Wildman–Crippen LogP) is 4.63. The Labute approximate surface area is 136 Å². The number of nitrogens with one attached hydrogen (secondary N) is 1. The van der Waals surface area contributed by atoms with Gasteiger partial charge in [0.15, 0.2) is 0 Å². The lowest BCUT2D eigenvalue weighted by atomic mass is 10.2. The van der Waals surface area contributed by atoms with Crippen molar-refractivity contribution in [1.29, 1.82) is 0 Å². The SMILES string of the molecule is C=C(C)CSC(=O)NN(Cc1ccccc1)c1ccccc1. The molecular weight excluding hydrogens is 292 g/mol. The van der Waals surface area contributed by atoms with Crippen LogP contribution in [-0.4, -0.2) is 11.0 Å². The molecule has 0 aliphatic heterocycles. The zero-order chi connectivity index (χ0) is 15.8. The highest BCUT2D eigenvalue weighted by atomic mass is 32.2. The summed E-state index contributed by atoms with van der Waals surface area (Å²) in [6.45, 7) is 6.35. The number of anilines is 1. The minimum absolute atomic E-state index is 0.0808. The summed E-state index contributed by atoms with van der Waals surface area (Å²) in [6.07, 6.45) is 0. The van der Waals surface area contributed by atoms with Crippen molar-refractivity contribution < 1.29 is 4.79 Å². The van der Waals surface area contributed by atoms with E-state index in [2.05, 4.69) is 12.0 Å². The van der Waals surface area contributed by atoms with Gasteiger partial charge >= 0.3 is 0 Å². The van der Waals surface area contributed by atoms with E-state index >= 15 is 0 Å². The maximum Gasteiger partial charge on any atom is 0.297 e. The van der Waals surface area contributed by atoms with Crippen LogP contribution in [0.5, 0.6) is 0 Å². The molecule has 4 heteroatoms. The molecule has 0 atom stereocenters. The van der Waals surface area contributed by atoms with E-state index in [1.807, 2.05) is 72.6 Å². The molecule has 0 saturated carbocycles. The van der Waals surface area contributed by atoms with Crippen LogP contribution in [0.2, 0.25) is 0 Å². The number of carbonyl (C=O) groups excluding carboxylic acids is 1. The van der Waals surface area contributed by atoms with Crippen LogP contribution < -0.4 is 10.4 Å². The van der Waals surface area contributed by atoms with E-state index in [0.717, 1.165) is 16.8 Å². The summed E-state index contributed by atoms with van der Waals surface area (Å²) in [5.41, 5.74) is 6.02. The van der Waals surface area contributed by atoms with Gasteiger partial charge in [0.05, 0.1) is 12.2 Å². The second-order valence-corrected chi connectivity index (χ2v) is 6.00. The summed E-state index contributed by atoms with van der Waals surface area (Å²) in [5, 5.41) is 1.78. The van der Waals surface area contributed by atoms with Crippen LogP contribution in [0.3, 0.4) is 0 Å². The van der Waals surface area contributed by atoms with Gasteiger partial charge in [0, 0.05) is 5.75 Å². The zero-order valence-electron chi connectivity index (χ0n) is 12.7. The maximum absolute atomic E-state index is 12.1. The minimum atomic E-state index is -0.0808. The van der Waals surface area contributed by atoms with E-state index in [9.17, 15) is 4.79 Å². The Bertz CT molecular complexity index is 613. The van der Waals surface area contributed by atoms with Crippen molar-refractivity contribution in [2.24, 2.45) is 0 Å². The number of para-hydroxylation sites is 1. The molecule has 1 amide bonds. The van der Waals surface area contributed by atoms with Gasteiger partial charge in [0.1, 0.15) is 0 Å². The second kappa shape index (κ2) is 8.29. The summed E-state index contributed by atoms with van der Waals surface area (Å²) >= 11 is 1.23. The molecule has 0 aliphatic rings. The van der Waals surface area contributed by atoms with E-state index < -0.39 is 0 Å². The molecular formula is C18H20N2OS. The molecule has 114 valence electrons. The standard InChI is InChI=1S/C18H20N2OS/c1-15(2)14-22-18(21)19-20(17-11-7-4-8-12-17)13-16-9-5-3-6-10-16/h3-12H,1,13-14H2,2H3,(H,19,21). The fourth-order valence-electron chi connectivity index (χ4n) is 1.90. The van der Waals surface area contributed by atoms with Gasteiger partial charge in [-0.15, -0.1) is 0 Å². The van der Waals surface area contributed by atoms with Crippen LogP contribution in [0.15, 0.2) is 72.8 Å². The molecule has 0 aromatic heterocycles. The Morgan fingerprint density at radius 3 is 2.27 bits per heavy atom. The molecule has 2 aromatic carbocycles. The van der Waals surface area contributed by atoms with Crippen LogP contribution in [0, 0.1) is 0 Å². The number of carbonyl (C=O) groups is 1. The Kier molecular flexibility index (Phi) is 6.10. The van der Waals surface area contributed by atoms with Crippen molar-refractivity contribution in [3.8, 4) is 0 Å². The quantitative estimate of drug-likeness (QED) is 0.623. The first-order valence-corrected chi connectivity index (χ1v) is 8.08. The molecule has 0 heterocycles. The molecule has 0 fully saturated rings. The van der Waals surface area contributed by atoms with Crippen molar-refractivity contribution in [2.45, 2.75) is 13.5 Å². The van der Waals surface area contributed by atoms with E-state index in [-0.39, 0.29) is 5.24 Å². The summed E-state index contributed by atoms with van der Waals surface area (Å²) in [5.74, 6) is 0.625. The van der Waals surface area contributed by atoms with E-state index in [1.54, 1.807) is 0 Å². The molecule has 0 saturated heterocycles. The summed E-state index contributed by atoms with van der Waals surface area (Å²) in [6, 6.07) is 19.9. The molecule has 0 unspecified atom stereocenters. The third-order valence-electron chi connectivity index (χ3n) is 2.93. The topological polar surface area (TPSA) is 32.3 Å². The van der Waals surface area contributed by atoms with Crippen LogP contribution in [-0.2, 0) is 6.54 Å². The molecule has 2 rings (SSSR count). The van der Waals surface area contributed by atoms with Gasteiger partial charge in [0.2, 0.25) is 0 Å². The third-order valence-corrected chi connectivity index (χ3v) is 3.92. The average molecular weight is 312 g/mol. The summed E-state index contributed by atoms with van der Waals surface area (Å²) in [7, 11) is 0. The molecule has 1 N–H and O–H groups in total. The van der Waals surface area contributed by atoms with Crippen molar-refractivity contribution >= 4 is 22.7 Å². The number of nitrogens with zero attached hydrogens (tertiary/aromatic N) is 1. The van der Waals surface area contributed by atoms with Gasteiger partial charge in [-0.2, -0.15) is 0 Å². The molecule has 0 aliphatic carbocycles. The normalized spacial score (nSPS) is 10.0. The van der Waals surface area contributed by atoms with E-state index in [4.69, 9.17) is 0 Å². The molecule has 0 spiro atoms. The van der Waals surface area contributed by atoms with E-state index in [1.165, 1.54) is 11.8 Å². The first-order valence-electron chi connectivity index (χ1n) is 7.09. The highest BCUT2D eigenvalue weighted by Gasteiger charge is 2.11. The number of amides is 1. The molecule has 22 heavy (non-hydrogen) atoms. The average Bonchev–Trinajstić information content (AvgIpc) is 2.54.